The normalized spacial score (nSPS) is 26.6. The van der Waals surface area contributed by atoms with Crippen molar-refractivity contribution in [1.82, 2.24) is 10.2 Å². The number of rotatable bonds is 2. The van der Waals surface area contributed by atoms with Gasteiger partial charge in [-0.1, -0.05) is 18.2 Å². The number of likely N-dealkylation sites (tertiary alicyclic amines) is 1. The van der Waals surface area contributed by atoms with Gasteiger partial charge in [0.1, 0.15) is 0 Å². The minimum atomic E-state index is 0.0824. The van der Waals surface area contributed by atoms with Gasteiger partial charge in [-0.3, -0.25) is 9.69 Å². The van der Waals surface area contributed by atoms with Crippen LogP contribution in [0, 0.1) is 0 Å². The summed E-state index contributed by atoms with van der Waals surface area (Å²) in [5.41, 5.74) is 2.68. The first-order chi connectivity index (χ1) is 9.22. The summed E-state index contributed by atoms with van der Waals surface area (Å²) in [5.74, 6) is 0.0824. The summed E-state index contributed by atoms with van der Waals surface area (Å²) in [6.07, 6.45) is 2.17. The Bertz CT molecular complexity index is 474. The third-order valence-electron chi connectivity index (χ3n) is 4.14. The van der Waals surface area contributed by atoms with Crippen molar-refractivity contribution >= 4 is 11.6 Å². The maximum absolute atomic E-state index is 11.1. The van der Waals surface area contributed by atoms with Gasteiger partial charge >= 0.3 is 0 Å². The monoisotopic (exact) mass is 259 g/mol. The fourth-order valence-electron chi connectivity index (χ4n) is 3.21. The second kappa shape index (κ2) is 5.21. The lowest BCUT2D eigenvalue weighted by atomic mass is 9.99. The quantitative estimate of drug-likeness (QED) is 0.840. The molecule has 0 spiro atoms. The molecule has 3 rings (SSSR count). The van der Waals surface area contributed by atoms with Crippen LogP contribution in [0.5, 0.6) is 0 Å². The molecular formula is C15H21N3O. The summed E-state index contributed by atoms with van der Waals surface area (Å²) in [4.78, 5) is 13.6. The molecule has 2 aliphatic rings. The Morgan fingerprint density at radius 3 is 3.11 bits per heavy atom. The molecule has 1 fully saturated rings. The molecule has 2 atom stereocenters. The topological polar surface area (TPSA) is 44.4 Å². The highest BCUT2D eigenvalue weighted by molar-refractivity contribution is 5.73. The zero-order chi connectivity index (χ0) is 13.2. The molecule has 102 valence electrons. The van der Waals surface area contributed by atoms with Crippen molar-refractivity contribution in [1.29, 1.82) is 0 Å². The van der Waals surface area contributed by atoms with E-state index in [1.54, 1.807) is 6.92 Å². The first-order valence-corrected chi connectivity index (χ1v) is 7.05. The number of fused-ring (bicyclic) bond motifs is 1. The van der Waals surface area contributed by atoms with Gasteiger partial charge in [-0.05, 0) is 24.5 Å². The first kappa shape index (κ1) is 12.5. The van der Waals surface area contributed by atoms with Gasteiger partial charge in [-0.15, -0.1) is 0 Å². The molecule has 4 heteroatoms. The van der Waals surface area contributed by atoms with Crippen molar-refractivity contribution in [3.8, 4) is 0 Å². The molecule has 1 amide bonds. The minimum Gasteiger partial charge on any atom is -0.383 e. The third-order valence-corrected chi connectivity index (χ3v) is 4.14. The fraction of sp³-hybridized carbons (Fsp3) is 0.533. The van der Waals surface area contributed by atoms with Crippen molar-refractivity contribution in [2.24, 2.45) is 0 Å². The Hall–Kier alpha value is -1.55. The minimum absolute atomic E-state index is 0.0824. The number of carbonyl (C=O) groups excluding carboxylic acids is 1. The summed E-state index contributed by atoms with van der Waals surface area (Å²) in [5, 5.41) is 6.55. The van der Waals surface area contributed by atoms with Crippen LogP contribution in [-0.4, -0.2) is 42.5 Å². The van der Waals surface area contributed by atoms with Gasteiger partial charge in [-0.2, -0.15) is 0 Å². The average Bonchev–Trinajstić information content (AvgIpc) is 2.86. The number of nitrogens with one attached hydrogen (secondary N) is 2. The van der Waals surface area contributed by atoms with Crippen LogP contribution in [0.3, 0.4) is 0 Å². The van der Waals surface area contributed by atoms with E-state index < -0.39 is 0 Å². The number of hydrogen-bond donors (Lipinski definition) is 2. The van der Waals surface area contributed by atoms with Gasteiger partial charge in [0, 0.05) is 44.3 Å². The number of hydrogen-bond acceptors (Lipinski definition) is 3. The largest absolute Gasteiger partial charge is 0.383 e. The molecule has 0 aromatic heterocycles. The van der Waals surface area contributed by atoms with Gasteiger partial charge in [0.25, 0.3) is 0 Å². The number of amides is 1. The Labute approximate surface area is 114 Å². The number of nitrogens with zero attached hydrogens (tertiary/aromatic N) is 1. The van der Waals surface area contributed by atoms with Crippen LogP contribution >= 0.6 is 0 Å². The van der Waals surface area contributed by atoms with E-state index in [9.17, 15) is 4.79 Å². The molecular weight excluding hydrogens is 238 g/mol. The van der Waals surface area contributed by atoms with Crippen LogP contribution in [0.4, 0.5) is 5.69 Å². The molecule has 0 radical (unpaired) electrons. The van der Waals surface area contributed by atoms with Crippen molar-refractivity contribution in [2.45, 2.75) is 31.8 Å². The molecule has 2 unspecified atom stereocenters. The van der Waals surface area contributed by atoms with Crippen LogP contribution in [0.15, 0.2) is 24.3 Å². The summed E-state index contributed by atoms with van der Waals surface area (Å²) in [7, 11) is 0. The summed E-state index contributed by atoms with van der Waals surface area (Å²) >= 11 is 0. The highest BCUT2D eigenvalue weighted by atomic mass is 16.1. The standard InChI is InChI=1S/C15H21N3O/c1-11(19)17-13-6-7-18(10-13)14-8-12-4-2-3-5-15(12)16-9-14/h2-5,13-14,16H,6-10H2,1H3,(H,17,19). The highest BCUT2D eigenvalue weighted by Crippen LogP contribution is 2.25. The van der Waals surface area contributed by atoms with Gasteiger partial charge < -0.3 is 10.6 Å². The van der Waals surface area contributed by atoms with Gasteiger partial charge in [0.15, 0.2) is 0 Å². The summed E-state index contributed by atoms with van der Waals surface area (Å²) in [6, 6.07) is 9.41. The molecule has 2 N–H and O–H groups in total. The summed E-state index contributed by atoms with van der Waals surface area (Å²) < 4.78 is 0. The SMILES string of the molecule is CC(=O)NC1CCN(C2CNc3ccccc3C2)C1. The van der Waals surface area contributed by atoms with E-state index in [2.05, 4.69) is 39.8 Å². The summed E-state index contributed by atoms with van der Waals surface area (Å²) in [6.45, 7) is 4.67. The molecule has 2 heterocycles. The van der Waals surface area contributed by atoms with E-state index >= 15 is 0 Å². The highest BCUT2D eigenvalue weighted by Gasteiger charge is 2.30. The number of carbonyl (C=O) groups is 1. The van der Waals surface area contributed by atoms with E-state index in [-0.39, 0.29) is 5.91 Å². The zero-order valence-corrected chi connectivity index (χ0v) is 11.4. The van der Waals surface area contributed by atoms with Crippen molar-refractivity contribution in [3.63, 3.8) is 0 Å². The van der Waals surface area contributed by atoms with E-state index in [4.69, 9.17) is 0 Å². The van der Waals surface area contributed by atoms with E-state index in [1.165, 1.54) is 11.3 Å². The average molecular weight is 259 g/mol. The molecule has 2 aliphatic heterocycles. The van der Waals surface area contributed by atoms with Crippen LogP contribution in [-0.2, 0) is 11.2 Å². The smallest absolute Gasteiger partial charge is 0.217 e. The van der Waals surface area contributed by atoms with Crippen LogP contribution in [0.1, 0.15) is 18.9 Å². The lowest BCUT2D eigenvalue weighted by Gasteiger charge is -2.33. The van der Waals surface area contributed by atoms with Crippen LogP contribution in [0.25, 0.3) is 0 Å². The van der Waals surface area contributed by atoms with Gasteiger partial charge in [0.05, 0.1) is 0 Å². The maximum Gasteiger partial charge on any atom is 0.217 e. The van der Waals surface area contributed by atoms with E-state index in [1.807, 2.05) is 0 Å². The van der Waals surface area contributed by atoms with Gasteiger partial charge in [-0.25, -0.2) is 0 Å². The number of anilines is 1. The lowest BCUT2D eigenvalue weighted by Crippen LogP contribution is -2.44. The molecule has 0 aliphatic carbocycles. The van der Waals surface area contributed by atoms with Crippen molar-refractivity contribution < 1.29 is 4.79 Å². The number of para-hydroxylation sites is 1. The van der Waals surface area contributed by atoms with Gasteiger partial charge in [0.2, 0.25) is 5.91 Å². The second-order valence-corrected chi connectivity index (χ2v) is 5.58. The predicted octanol–water partition coefficient (Wildman–Crippen LogP) is 1.23. The molecule has 1 saturated heterocycles. The van der Waals surface area contributed by atoms with E-state index in [0.29, 0.717) is 12.1 Å². The lowest BCUT2D eigenvalue weighted by molar-refractivity contribution is -0.119. The fourth-order valence-corrected chi connectivity index (χ4v) is 3.21. The second-order valence-electron chi connectivity index (χ2n) is 5.58. The zero-order valence-electron chi connectivity index (χ0n) is 11.4. The van der Waals surface area contributed by atoms with Crippen molar-refractivity contribution in [3.05, 3.63) is 29.8 Å². The predicted molar refractivity (Wildman–Crippen MR) is 76.2 cm³/mol. The first-order valence-electron chi connectivity index (χ1n) is 7.05. The molecule has 0 saturated carbocycles. The molecule has 0 bridgehead atoms. The Kier molecular flexibility index (Phi) is 3.42. The molecule has 1 aromatic carbocycles. The Morgan fingerprint density at radius 1 is 1.42 bits per heavy atom. The molecule has 1 aromatic rings. The maximum atomic E-state index is 11.1. The Balaban J connectivity index is 1.62. The molecule has 19 heavy (non-hydrogen) atoms. The van der Waals surface area contributed by atoms with Crippen LogP contribution in [0.2, 0.25) is 0 Å². The molecule has 4 nitrogen and oxygen atoms in total. The van der Waals surface area contributed by atoms with Crippen LogP contribution < -0.4 is 10.6 Å². The van der Waals surface area contributed by atoms with E-state index in [0.717, 1.165) is 32.5 Å². The third kappa shape index (κ3) is 2.73. The Morgan fingerprint density at radius 2 is 2.26 bits per heavy atom. The van der Waals surface area contributed by atoms with Crippen molar-refractivity contribution in [2.75, 3.05) is 25.0 Å². The number of benzene rings is 1.